The van der Waals surface area contributed by atoms with Crippen molar-refractivity contribution in [2.75, 3.05) is 19.7 Å². The molecular weight excluding hydrogens is 370 g/mol. The van der Waals surface area contributed by atoms with Gasteiger partial charge in [0.2, 0.25) is 11.8 Å². The second kappa shape index (κ2) is 10.5. The maximum Gasteiger partial charge on any atom is 0.308 e. The lowest BCUT2D eigenvalue weighted by molar-refractivity contribution is -0.147. The van der Waals surface area contributed by atoms with Crippen LogP contribution in [0.25, 0.3) is 6.08 Å². The third-order valence-electron chi connectivity index (χ3n) is 3.88. The van der Waals surface area contributed by atoms with Gasteiger partial charge in [-0.05, 0) is 36.8 Å². The van der Waals surface area contributed by atoms with Crippen molar-refractivity contribution < 1.29 is 23.5 Å². The zero-order chi connectivity index (χ0) is 19.6. The minimum absolute atomic E-state index is 0.0882. The molecule has 1 aliphatic heterocycles. The van der Waals surface area contributed by atoms with Crippen molar-refractivity contribution in [3.8, 4) is 0 Å². The van der Waals surface area contributed by atoms with Crippen LogP contribution >= 0.6 is 12.2 Å². The number of hydrogen-bond donors (Lipinski definition) is 2. The Balaban J connectivity index is 1.93. The summed E-state index contributed by atoms with van der Waals surface area (Å²) in [6, 6.07) is 2.60. The number of carbonyl (C=O) groups excluding carboxylic acids is 3. The van der Waals surface area contributed by atoms with Crippen LogP contribution in [-0.2, 0) is 19.1 Å². The number of furan rings is 1. The van der Waals surface area contributed by atoms with Crippen LogP contribution < -0.4 is 10.6 Å². The number of nitrogens with zero attached hydrogens (tertiary/aromatic N) is 1. The molecule has 0 aliphatic carbocycles. The monoisotopic (exact) mass is 393 g/mol. The predicted octanol–water partition coefficient (Wildman–Crippen LogP) is 1.23. The van der Waals surface area contributed by atoms with Crippen molar-refractivity contribution in [2.24, 2.45) is 0 Å². The Bertz CT molecular complexity index is 702. The molecule has 0 spiro atoms. The molecule has 1 fully saturated rings. The van der Waals surface area contributed by atoms with Gasteiger partial charge in [-0.25, -0.2) is 0 Å². The second-order valence-electron chi connectivity index (χ2n) is 5.92. The Morgan fingerprint density at radius 3 is 3.04 bits per heavy atom. The molecule has 0 bridgehead atoms. The van der Waals surface area contributed by atoms with Crippen LogP contribution in [0.15, 0.2) is 28.9 Å². The summed E-state index contributed by atoms with van der Waals surface area (Å²) in [4.78, 5) is 37.7. The maximum atomic E-state index is 12.2. The van der Waals surface area contributed by atoms with Crippen LogP contribution in [0.3, 0.4) is 0 Å². The first-order chi connectivity index (χ1) is 13.0. The number of rotatable bonds is 7. The fourth-order valence-corrected chi connectivity index (χ4v) is 2.79. The van der Waals surface area contributed by atoms with Gasteiger partial charge in [0.15, 0.2) is 5.11 Å². The Morgan fingerprint density at radius 2 is 2.33 bits per heavy atom. The SMILES string of the molecule is CCCCOC(=O)CC1C(=O)NCCN1C(=S)NC(=O)C=Cc1ccco1. The third-order valence-corrected chi connectivity index (χ3v) is 4.22. The van der Waals surface area contributed by atoms with E-state index in [4.69, 9.17) is 21.4 Å². The third kappa shape index (κ3) is 6.52. The number of unbranched alkanes of at least 4 members (excludes halogenated alkanes) is 1. The normalized spacial score (nSPS) is 16.9. The quantitative estimate of drug-likeness (QED) is 0.311. The summed E-state index contributed by atoms with van der Waals surface area (Å²) >= 11 is 5.26. The van der Waals surface area contributed by atoms with Crippen LogP contribution in [-0.4, -0.2) is 53.5 Å². The van der Waals surface area contributed by atoms with E-state index in [2.05, 4.69) is 10.6 Å². The van der Waals surface area contributed by atoms with E-state index in [0.717, 1.165) is 12.8 Å². The van der Waals surface area contributed by atoms with Crippen LogP contribution in [0, 0.1) is 0 Å². The first-order valence-electron chi connectivity index (χ1n) is 8.77. The largest absolute Gasteiger partial charge is 0.466 e. The van der Waals surface area contributed by atoms with Crippen LogP contribution in [0.4, 0.5) is 0 Å². The molecule has 2 amide bonds. The number of amides is 2. The van der Waals surface area contributed by atoms with E-state index in [1.54, 1.807) is 12.1 Å². The highest BCUT2D eigenvalue weighted by molar-refractivity contribution is 7.80. The van der Waals surface area contributed by atoms with E-state index < -0.39 is 17.9 Å². The van der Waals surface area contributed by atoms with E-state index in [1.165, 1.54) is 23.3 Å². The summed E-state index contributed by atoms with van der Waals surface area (Å²) in [5.74, 6) is -0.716. The molecule has 1 atom stereocenters. The molecule has 1 aromatic heterocycles. The first kappa shape index (κ1) is 20.6. The number of nitrogens with one attached hydrogen (secondary N) is 2. The number of ether oxygens (including phenoxy) is 1. The molecule has 1 aliphatic rings. The van der Waals surface area contributed by atoms with E-state index in [9.17, 15) is 14.4 Å². The first-order valence-corrected chi connectivity index (χ1v) is 9.18. The van der Waals surface area contributed by atoms with Crippen molar-refractivity contribution >= 4 is 41.2 Å². The number of thiocarbonyl (C=S) groups is 1. The van der Waals surface area contributed by atoms with Crippen LogP contribution in [0.2, 0.25) is 0 Å². The summed E-state index contributed by atoms with van der Waals surface area (Å²) in [5.41, 5.74) is 0. The number of hydrogen-bond acceptors (Lipinski definition) is 6. The van der Waals surface area contributed by atoms with Gasteiger partial charge < -0.3 is 19.4 Å². The molecular formula is C18H23N3O5S. The molecule has 9 heteroatoms. The predicted molar refractivity (Wildman–Crippen MR) is 102 cm³/mol. The van der Waals surface area contributed by atoms with Gasteiger partial charge in [-0.2, -0.15) is 0 Å². The Kier molecular flexibility index (Phi) is 8.00. The average molecular weight is 393 g/mol. The Labute approximate surface area is 162 Å². The van der Waals surface area contributed by atoms with E-state index >= 15 is 0 Å². The summed E-state index contributed by atoms with van der Waals surface area (Å²) in [6.07, 6.45) is 5.83. The van der Waals surface area contributed by atoms with Gasteiger partial charge in [-0.15, -0.1) is 0 Å². The summed E-state index contributed by atoms with van der Waals surface area (Å²) in [7, 11) is 0. The topological polar surface area (TPSA) is 101 Å². The van der Waals surface area contributed by atoms with Gasteiger partial charge in [0.25, 0.3) is 0 Å². The van der Waals surface area contributed by atoms with E-state index in [0.29, 0.717) is 25.5 Å². The fourth-order valence-electron chi connectivity index (χ4n) is 2.47. The number of esters is 1. The lowest BCUT2D eigenvalue weighted by Crippen LogP contribution is -2.60. The smallest absolute Gasteiger partial charge is 0.308 e. The highest BCUT2D eigenvalue weighted by Crippen LogP contribution is 2.11. The summed E-state index contributed by atoms with van der Waals surface area (Å²) < 4.78 is 10.2. The lowest BCUT2D eigenvalue weighted by Gasteiger charge is -2.36. The molecule has 8 nitrogen and oxygen atoms in total. The minimum atomic E-state index is -0.810. The lowest BCUT2D eigenvalue weighted by atomic mass is 10.1. The van der Waals surface area contributed by atoms with Crippen molar-refractivity contribution in [3.05, 3.63) is 30.2 Å². The Hall–Kier alpha value is -2.68. The molecule has 0 aromatic carbocycles. The molecule has 2 rings (SSSR count). The highest BCUT2D eigenvalue weighted by atomic mass is 32.1. The molecule has 1 saturated heterocycles. The number of carbonyl (C=O) groups is 3. The number of piperazine rings is 1. The zero-order valence-electron chi connectivity index (χ0n) is 15.1. The second-order valence-corrected chi connectivity index (χ2v) is 6.31. The molecule has 0 saturated carbocycles. The highest BCUT2D eigenvalue weighted by Gasteiger charge is 2.34. The van der Waals surface area contributed by atoms with E-state index in [1.807, 2.05) is 6.92 Å². The molecule has 146 valence electrons. The van der Waals surface area contributed by atoms with Gasteiger partial charge in [-0.1, -0.05) is 13.3 Å². The zero-order valence-corrected chi connectivity index (χ0v) is 15.9. The van der Waals surface area contributed by atoms with Crippen molar-refractivity contribution in [1.29, 1.82) is 0 Å². The van der Waals surface area contributed by atoms with Gasteiger partial charge in [0.05, 0.1) is 19.3 Å². The summed E-state index contributed by atoms with van der Waals surface area (Å²) in [5, 5.41) is 5.33. The molecule has 1 aromatic rings. The van der Waals surface area contributed by atoms with Gasteiger partial charge in [0, 0.05) is 19.2 Å². The average Bonchev–Trinajstić information content (AvgIpc) is 3.15. The van der Waals surface area contributed by atoms with Gasteiger partial charge in [0.1, 0.15) is 11.8 Å². The molecule has 27 heavy (non-hydrogen) atoms. The maximum absolute atomic E-state index is 12.2. The minimum Gasteiger partial charge on any atom is -0.466 e. The van der Waals surface area contributed by atoms with Crippen LogP contribution in [0.1, 0.15) is 31.9 Å². The molecule has 2 N–H and O–H groups in total. The van der Waals surface area contributed by atoms with Crippen molar-refractivity contribution in [1.82, 2.24) is 15.5 Å². The van der Waals surface area contributed by atoms with Gasteiger partial charge in [-0.3, -0.25) is 19.7 Å². The Morgan fingerprint density at radius 1 is 1.52 bits per heavy atom. The summed E-state index contributed by atoms with van der Waals surface area (Å²) in [6.45, 7) is 3.08. The molecule has 1 unspecified atom stereocenters. The standard InChI is InChI=1S/C18H23N3O5S/c1-2-3-10-26-16(23)12-14-17(24)19-8-9-21(14)18(27)20-15(22)7-6-13-5-4-11-25-13/h4-7,11,14H,2-3,8-10,12H2,1H3,(H,19,24)(H,20,22,27). The van der Waals surface area contributed by atoms with Crippen LogP contribution in [0.5, 0.6) is 0 Å². The van der Waals surface area contributed by atoms with Crippen molar-refractivity contribution in [2.45, 2.75) is 32.2 Å². The van der Waals surface area contributed by atoms with Gasteiger partial charge >= 0.3 is 5.97 Å². The molecule has 0 radical (unpaired) electrons. The molecule has 2 heterocycles. The van der Waals surface area contributed by atoms with Crippen molar-refractivity contribution in [3.63, 3.8) is 0 Å². The fraction of sp³-hybridized carbons (Fsp3) is 0.444. The van der Waals surface area contributed by atoms with E-state index in [-0.39, 0.29) is 17.4 Å².